The molecule has 1 aliphatic heterocycles. The molecule has 1 atom stereocenters. The smallest absolute Gasteiger partial charge is 0.351 e. The molecule has 1 aliphatic rings. The summed E-state index contributed by atoms with van der Waals surface area (Å²) in [6.07, 6.45) is 0.322. The van der Waals surface area contributed by atoms with Gasteiger partial charge in [0, 0.05) is 6.42 Å². The van der Waals surface area contributed by atoms with Crippen molar-refractivity contribution >= 4 is 23.0 Å². The lowest BCUT2D eigenvalue weighted by Gasteiger charge is -2.14. The molecule has 0 bridgehead atoms. The summed E-state index contributed by atoms with van der Waals surface area (Å²) in [6.45, 7) is 1.53. The summed E-state index contributed by atoms with van der Waals surface area (Å²) in [5, 5.41) is 14.6. The van der Waals surface area contributed by atoms with E-state index in [1.807, 2.05) is 17.5 Å². The monoisotopic (exact) mass is 211 g/mol. The van der Waals surface area contributed by atoms with Crippen LogP contribution >= 0.6 is 11.3 Å². The van der Waals surface area contributed by atoms with Crippen molar-refractivity contribution in [1.29, 1.82) is 0 Å². The molecule has 4 nitrogen and oxygen atoms in total. The zero-order valence-corrected chi connectivity index (χ0v) is 8.37. The molecule has 1 aromatic rings. The van der Waals surface area contributed by atoms with Gasteiger partial charge < -0.3 is 9.94 Å². The van der Waals surface area contributed by atoms with Crippen molar-refractivity contribution in [2.75, 3.05) is 0 Å². The van der Waals surface area contributed by atoms with E-state index in [-0.39, 0.29) is 0 Å². The van der Waals surface area contributed by atoms with Crippen molar-refractivity contribution in [2.24, 2.45) is 5.16 Å². The highest BCUT2D eigenvalue weighted by atomic mass is 32.1. The van der Waals surface area contributed by atoms with Crippen molar-refractivity contribution in [3.63, 3.8) is 0 Å². The molecule has 2 heterocycles. The van der Waals surface area contributed by atoms with Crippen molar-refractivity contribution < 1.29 is 14.7 Å². The zero-order chi connectivity index (χ0) is 10.2. The third-order valence-corrected chi connectivity index (χ3v) is 3.04. The molecule has 0 radical (unpaired) electrons. The molecule has 0 saturated heterocycles. The maximum Gasteiger partial charge on any atom is 0.351 e. The van der Waals surface area contributed by atoms with Crippen molar-refractivity contribution in [2.45, 2.75) is 18.9 Å². The number of carbonyl (C=O) groups is 1. The second-order valence-corrected chi connectivity index (χ2v) is 4.27. The van der Waals surface area contributed by atoms with Gasteiger partial charge in [0.25, 0.3) is 0 Å². The van der Waals surface area contributed by atoms with E-state index in [4.69, 9.17) is 9.94 Å². The SMILES string of the molecule is C[C@@]1(C(=O)O)CC(c2cccs2)=NO1. The van der Waals surface area contributed by atoms with Gasteiger partial charge in [0.2, 0.25) is 5.60 Å². The molecule has 5 heteroatoms. The summed E-state index contributed by atoms with van der Waals surface area (Å²) >= 11 is 1.53. The van der Waals surface area contributed by atoms with Crippen LogP contribution in [0.15, 0.2) is 22.7 Å². The minimum absolute atomic E-state index is 0.322. The molecule has 0 saturated carbocycles. The number of carboxylic acid groups (broad SMARTS) is 1. The van der Waals surface area contributed by atoms with Crippen LogP contribution in [0.25, 0.3) is 0 Å². The predicted molar refractivity (Wildman–Crippen MR) is 52.6 cm³/mol. The Bertz CT molecular complexity index is 385. The lowest BCUT2D eigenvalue weighted by Crippen LogP contribution is -2.35. The molecule has 0 spiro atoms. The maximum absolute atomic E-state index is 10.8. The van der Waals surface area contributed by atoms with Crippen LogP contribution in [0.4, 0.5) is 0 Å². The molecule has 74 valence electrons. The third kappa shape index (κ3) is 1.39. The lowest BCUT2D eigenvalue weighted by molar-refractivity contribution is -0.160. The van der Waals surface area contributed by atoms with E-state index in [2.05, 4.69) is 5.16 Å². The van der Waals surface area contributed by atoms with Gasteiger partial charge in [-0.2, -0.15) is 0 Å². The summed E-state index contributed by atoms with van der Waals surface area (Å²) in [5.41, 5.74) is -0.482. The number of aliphatic carboxylic acids is 1. The van der Waals surface area contributed by atoms with E-state index in [1.54, 1.807) is 0 Å². The second-order valence-electron chi connectivity index (χ2n) is 3.32. The molecule has 0 amide bonds. The van der Waals surface area contributed by atoms with Crippen LogP contribution in [0.3, 0.4) is 0 Å². The molecule has 2 rings (SSSR count). The molecular weight excluding hydrogens is 202 g/mol. The van der Waals surface area contributed by atoms with Gasteiger partial charge in [-0.05, 0) is 18.4 Å². The summed E-state index contributed by atoms with van der Waals surface area (Å²) in [5.74, 6) is -0.979. The summed E-state index contributed by atoms with van der Waals surface area (Å²) in [7, 11) is 0. The largest absolute Gasteiger partial charge is 0.478 e. The van der Waals surface area contributed by atoms with E-state index in [0.717, 1.165) is 4.88 Å². The number of oxime groups is 1. The highest BCUT2D eigenvalue weighted by Gasteiger charge is 2.42. The topological polar surface area (TPSA) is 58.9 Å². The van der Waals surface area contributed by atoms with E-state index < -0.39 is 11.6 Å². The zero-order valence-electron chi connectivity index (χ0n) is 7.56. The average molecular weight is 211 g/mol. The summed E-state index contributed by atoms with van der Waals surface area (Å²) in [6, 6.07) is 3.80. The summed E-state index contributed by atoms with van der Waals surface area (Å²) in [4.78, 5) is 16.7. The first-order valence-electron chi connectivity index (χ1n) is 4.14. The van der Waals surface area contributed by atoms with Crippen LogP contribution in [0.1, 0.15) is 18.2 Å². The fourth-order valence-corrected chi connectivity index (χ4v) is 1.94. The fourth-order valence-electron chi connectivity index (χ4n) is 1.23. The van der Waals surface area contributed by atoms with Crippen molar-refractivity contribution in [1.82, 2.24) is 0 Å². The van der Waals surface area contributed by atoms with Gasteiger partial charge in [0.15, 0.2) is 0 Å². The molecule has 14 heavy (non-hydrogen) atoms. The number of rotatable bonds is 2. The van der Waals surface area contributed by atoms with Crippen LogP contribution in [0, 0.1) is 0 Å². The first kappa shape index (κ1) is 9.21. The Morgan fingerprint density at radius 3 is 3.07 bits per heavy atom. The molecule has 1 aromatic heterocycles. The van der Waals surface area contributed by atoms with Gasteiger partial charge in [-0.15, -0.1) is 11.3 Å². The van der Waals surface area contributed by atoms with Gasteiger partial charge >= 0.3 is 5.97 Å². The molecule has 1 N–H and O–H groups in total. The Balaban J connectivity index is 2.19. The minimum Gasteiger partial charge on any atom is -0.478 e. The van der Waals surface area contributed by atoms with Crippen molar-refractivity contribution in [3.05, 3.63) is 22.4 Å². The van der Waals surface area contributed by atoms with Gasteiger partial charge in [-0.3, -0.25) is 0 Å². The van der Waals surface area contributed by atoms with Gasteiger partial charge in [0.05, 0.1) is 4.88 Å². The number of thiophene rings is 1. The molecule has 0 fully saturated rings. The normalized spacial score (nSPS) is 25.6. The quantitative estimate of drug-likeness (QED) is 0.810. The highest BCUT2D eigenvalue weighted by molar-refractivity contribution is 7.12. The first-order valence-corrected chi connectivity index (χ1v) is 5.02. The van der Waals surface area contributed by atoms with Crippen LogP contribution in [-0.2, 0) is 9.63 Å². The van der Waals surface area contributed by atoms with Crippen LogP contribution in [0.2, 0.25) is 0 Å². The number of nitrogens with zero attached hydrogens (tertiary/aromatic N) is 1. The van der Waals surface area contributed by atoms with Crippen molar-refractivity contribution in [3.8, 4) is 0 Å². The number of carboxylic acids is 1. The Morgan fingerprint density at radius 2 is 2.57 bits per heavy atom. The summed E-state index contributed by atoms with van der Waals surface area (Å²) < 4.78 is 0. The Labute approximate surface area is 84.8 Å². The Kier molecular flexibility index (Phi) is 2.03. The van der Waals surface area contributed by atoms with Gasteiger partial charge in [0.1, 0.15) is 5.71 Å². The second kappa shape index (κ2) is 3.09. The number of hydrogen-bond donors (Lipinski definition) is 1. The van der Waals surface area contributed by atoms with E-state index >= 15 is 0 Å². The molecule has 0 unspecified atom stereocenters. The van der Waals surface area contributed by atoms with Crippen LogP contribution in [-0.4, -0.2) is 22.4 Å². The molecule has 0 aliphatic carbocycles. The highest BCUT2D eigenvalue weighted by Crippen LogP contribution is 2.28. The lowest BCUT2D eigenvalue weighted by atomic mass is 10.00. The Morgan fingerprint density at radius 1 is 1.79 bits per heavy atom. The minimum atomic E-state index is -1.20. The van der Waals surface area contributed by atoms with Crippen LogP contribution in [0.5, 0.6) is 0 Å². The first-order chi connectivity index (χ1) is 6.62. The third-order valence-electron chi connectivity index (χ3n) is 2.12. The van der Waals surface area contributed by atoms with Crippen LogP contribution < -0.4 is 0 Å². The molecular formula is C9H9NO3S. The fraction of sp³-hybridized carbons (Fsp3) is 0.333. The predicted octanol–water partition coefficient (Wildman–Crippen LogP) is 1.72. The average Bonchev–Trinajstić information content (AvgIpc) is 2.72. The molecule has 0 aromatic carbocycles. The van der Waals surface area contributed by atoms with E-state index in [9.17, 15) is 4.79 Å². The van der Waals surface area contributed by atoms with E-state index in [0.29, 0.717) is 12.1 Å². The standard InChI is InChI=1S/C9H9NO3S/c1-9(8(11)12)5-6(10-13-9)7-3-2-4-14-7/h2-4H,5H2,1H3,(H,11,12)/t9-/m0/s1. The van der Waals surface area contributed by atoms with Gasteiger partial charge in [-0.1, -0.05) is 11.2 Å². The number of hydrogen-bond acceptors (Lipinski definition) is 4. The maximum atomic E-state index is 10.8. The van der Waals surface area contributed by atoms with E-state index in [1.165, 1.54) is 18.3 Å². The Hall–Kier alpha value is -1.36. The van der Waals surface area contributed by atoms with Gasteiger partial charge in [-0.25, -0.2) is 4.79 Å².